The van der Waals surface area contributed by atoms with Gasteiger partial charge in [-0.3, -0.25) is 9.59 Å². The Morgan fingerprint density at radius 3 is 2.48 bits per heavy atom. The molecule has 1 fully saturated rings. The van der Waals surface area contributed by atoms with Gasteiger partial charge in [0.1, 0.15) is 5.75 Å². The van der Waals surface area contributed by atoms with Crippen molar-refractivity contribution in [1.29, 1.82) is 0 Å². The molecule has 1 atom stereocenters. The number of ether oxygens (including phenoxy) is 1. The second-order valence-corrected chi connectivity index (χ2v) is 7.41. The van der Waals surface area contributed by atoms with Gasteiger partial charge in [0.25, 0.3) is 5.91 Å². The summed E-state index contributed by atoms with van der Waals surface area (Å²) in [6.45, 7) is 9.98. The number of benzene rings is 1. The van der Waals surface area contributed by atoms with E-state index in [0.29, 0.717) is 18.1 Å². The number of amides is 2. The van der Waals surface area contributed by atoms with Gasteiger partial charge in [-0.2, -0.15) is 0 Å². The minimum Gasteiger partial charge on any atom is -0.493 e. The maximum Gasteiger partial charge on any atom is 0.251 e. The van der Waals surface area contributed by atoms with Crippen molar-refractivity contribution in [3.05, 3.63) is 29.8 Å². The maximum atomic E-state index is 12.1. The van der Waals surface area contributed by atoms with Crippen LogP contribution in [0.25, 0.3) is 0 Å². The van der Waals surface area contributed by atoms with Crippen LogP contribution in [0.5, 0.6) is 5.75 Å². The van der Waals surface area contributed by atoms with Gasteiger partial charge >= 0.3 is 0 Å². The summed E-state index contributed by atoms with van der Waals surface area (Å²) in [4.78, 5) is 26.0. The van der Waals surface area contributed by atoms with E-state index in [0.717, 1.165) is 31.7 Å². The SMILES string of the molecule is CC(C)NC(=O)c1ccc(OCC2CCCN(C(=O)C(C)C)C2)cc1. The lowest BCUT2D eigenvalue weighted by atomic mass is 9.98. The number of carbonyl (C=O) groups is 2. The molecule has 1 N–H and O–H groups in total. The topological polar surface area (TPSA) is 58.6 Å². The normalized spacial score (nSPS) is 17.7. The molecular weight excluding hydrogens is 316 g/mol. The fourth-order valence-corrected chi connectivity index (χ4v) is 3.03. The molecule has 25 heavy (non-hydrogen) atoms. The Morgan fingerprint density at radius 1 is 1.20 bits per heavy atom. The fraction of sp³-hybridized carbons (Fsp3) is 0.600. The third kappa shape index (κ3) is 5.76. The number of carbonyl (C=O) groups excluding carboxylic acids is 2. The molecule has 1 heterocycles. The van der Waals surface area contributed by atoms with Gasteiger partial charge in [-0.1, -0.05) is 13.8 Å². The van der Waals surface area contributed by atoms with Crippen molar-refractivity contribution in [2.24, 2.45) is 11.8 Å². The molecule has 0 bridgehead atoms. The van der Waals surface area contributed by atoms with Crippen LogP contribution in [0.15, 0.2) is 24.3 Å². The molecule has 1 saturated heterocycles. The second kappa shape index (κ2) is 8.88. The fourth-order valence-electron chi connectivity index (χ4n) is 3.03. The number of hydrogen-bond donors (Lipinski definition) is 1. The van der Waals surface area contributed by atoms with Gasteiger partial charge in [0.2, 0.25) is 5.91 Å². The molecule has 1 aromatic rings. The Hall–Kier alpha value is -2.04. The number of likely N-dealkylation sites (tertiary alicyclic amines) is 1. The smallest absolute Gasteiger partial charge is 0.251 e. The van der Waals surface area contributed by atoms with Crippen molar-refractivity contribution in [2.75, 3.05) is 19.7 Å². The number of piperidine rings is 1. The molecule has 0 saturated carbocycles. The van der Waals surface area contributed by atoms with E-state index in [2.05, 4.69) is 5.32 Å². The van der Waals surface area contributed by atoms with E-state index in [9.17, 15) is 9.59 Å². The highest BCUT2D eigenvalue weighted by molar-refractivity contribution is 5.94. The minimum atomic E-state index is -0.0725. The van der Waals surface area contributed by atoms with Gasteiger partial charge in [-0.05, 0) is 51.0 Å². The van der Waals surface area contributed by atoms with Gasteiger partial charge < -0.3 is 15.0 Å². The summed E-state index contributed by atoms with van der Waals surface area (Å²) in [5.74, 6) is 1.32. The van der Waals surface area contributed by atoms with Gasteiger partial charge in [0, 0.05) is 36.5 Å². The van der Waals surface area contributed by atoms with E-state index < -0.39 is 0 Å². The Balaban J connectivity index is 1.84. The highest BCUT2D eigenvalue weighted by atomic mass is 16.5. The Bertz CT molecular complexity index is 581. The van der Waals surface area contributed by atoms with Crippen LogP contribution in [0.1, 0.15) is 50.9 Å². The molecule has 2 rings (SSSR count). The molecule has 0 aliphatic carbocycles. The van der Waals surface area contributed by atoms with E-state index in [-0.39, 0.29) is 23.8 Å². The van der Waals surface area contributed by atoms with Crippen LogP contribution in [0.3, 0.4) is 0 Å². The molecule has 0 aromatic heterocycles. The predicted octanol–water partition coefficient (Wildman–Crippen LogP) is 3.10. The average molecular weight is 346 g/mol. The Labute approximate surface area is 150 Å². The average Bonchev–Trinajstić information content (AvgIpc) is 2.59. The zero-order valence-corrected chi connectivity index (χ0v) is 15.7. The number of nitrogens with zero attached hydrogens (tertiary/aromatic N) is 1. The Kier molecular flexibility index (Phi) is 6.85. The van der Waals surface area contributed by atoms with Gasteiger partial charge in [-0.15, -0.1) is 0 Å². The summed E-state index contributed by atoms with van der Waals surface area (Å²) >= 11 is 0. The van der Waals surface area contributed by atoms with Crippen LogP contribution in [-0.4, -0.2) is 42.5 Å². The standard InChI is InChI=1S/C20H30N2O3/c1-14(2)20(24)22-11-5-6-16(12-22)13-25-18-9-7-17(8-10-18)19(23)21-15(3)4/h7-10,14-16H,5-6,11-13H2,1-4H3,(H,21,23). The van der Waals surface area contributed by atoms with Gasteiger partial charge in [0.05, 0.1) is 6.61 Å². The van der Waals surface area contributed by atoms with Gasteiger partial charge in [0.15, 0.2) is 0 Å². The highest BCUT2D eigenvalue weighted by Crippen LogP contribution is 2.20. The van der Waals surface area contributed by atoms with Crippen LogP contribution in [0.2, 0.25) is 0 Å². The molecule has 1 unspecified atom stereocenters. The first kappa shape index (κ1) is 19.3. The zero-order valence-electron chi connectivity index (χ0n) is 15.7. The molecule has 1 aromatic carbocycles. The first-order valence-corrected chi connectivity index (χ1v) is 9.19. The zero-order chi connectivity index (χ0) is 18.4. The van der Waals surface area contributed by atoms with E-state index in [4.69, 9.17) is 4.74 Å². The van der Waals surface area contributed by atoms with Gasteiger partial charge in [-0.25, -0.2) is 0 Å². The molecule has 2 amide bonds. The largest absolute Gasteiger partial charge is 0.493 e. The first-order chi connectivity index (χ1) is 11.9. The molecule has 1 aliphatic heterocycles. The molecular formula is C20H30N2O3. The number of rotatable bonds is 6. The van der Waals surface area contributed by atoms with Crippen LogP contribution in [0, 0.1) is 11.8 Å². The van der Waals surface area contributed by atoms with Crippen LogP contribution >= 0.6 is 0 Å². The third-order valence-corrected chi connectivity index (χ3v) is 4.35. The molecule has 1 aliphatic rings. The molecule has 0 radical (unpaired) electrons. The van der Waals surface area contributed by atoms with Crippen molar-refractivity contribution in [1.82, 2.24) is 10.2 Å². The third-order valence-electron chi connectivity index (χ3n) is 4.35. The summed E-state index contributed by atoms with van der Waals surface area (Å²) < 4.78 is 5.88. The van der Waals surface area contributed by atoms with E-state index >= 15 is 0 Å². The lowest BCUT2D eigenvalue weighted by molar-refractivity contribution is -0.136. The van der Waals surface area contributed by atoms with Crippen molar-refractivity contribution in [3.8, 4) is 5.75 Å². The Morgan fingerprint density at radius 2 is 1.88 bits per heavy atom. The van der Waals surface area contributed by atoms with Crippen LogP contribution in [0.4, 0.5) is 0 Å². The highest BCUT2D eigenvalue weighted by Gasteiger charge is 2.25. The summed E-state index contributed by atoms with van der Waals surface area (Å²) in [5.41, 5.74) is 0.632. The maximum absolute atomic E-state index is 12.1. The molecule has 138 valence electrons. The van der Waals surface area contributed by atoms with Crippen molar-refractivity contribution in [2.45, 2.75) is 46.6 Å². The van der Waals surface area contributed by atoms with Crippen LogP contribution in [-0.2, 0) is 4.79 Å². The summed E-state index contributed by atoms with van der Waals surface area (Å²) in [5, 5.41) is 2.87. The lowest BCUT2D eigenvalue weighted by Gasteiger charge is -2.33. The predicted molar refractivity (Wildman–Crippen MR) is 98.7 cm³/mol. The van der Waals surface area contributed by atoms with Crippen molar-refractivity contribution in [3.63, 3.8) is 0 Å². The van der Waals surface area contributed by atoms with E-state index in [1.54, 1.807) is 12.1 Å². The monoisotopic (exact) mass is 346 g/mol. The summed E-state index contributed by atoms with van der Waals surface area (Å²) in [7, 11) is 0. The van der Waals surface area contributed by atoms with Crippen LogP contribution < -0.4 is 10.1 Å². The molecule has 5 nitrogen and oxygen atoms in total. The first-order valence-electron chi connectivity index (χ1n) is 9.19. The van der Waals surface area contributed by atoms with E-state index in [1.807, 2.05) is 44.7 Å². The number of hydrogen-bond acceptors (Lipinski definition) is 3. The molecule has 0 spiro atoms. The second-order valence-electron chi connectivity index (χ2n) is 7.41. The molecule has 5 heteroatoms. The van der Waals surface area contributed by atoms with Crippen molar-refractivity contribution >= 4 is 11.8 Å². The lowest BCUT2D eigenvalue weighted by Crippen LogP contribution is -2.43. The minimum absolute atomic E-state index is 0.0456. The van der Waals surface area contributed by atoms with E-state index in [1.165, 1.54) is 0 Å². The quantitative estimate of drug-likeness (QED) is 0.861. The number of nitrogens with one attached hydrogen (secondary N) is 1. The summed E-state index contributed by atoms with van der Waals surface area (Å²) in [6.07, 6.45) is 2.11. The van der Waals surface area contributed by atoms with Crippen molar-refractivity contribution < 1.29 is 14.3 Å². The summed E-state index contributed by atoms with van der Waals surface area (Å²) in [6, 6.07) is 7.33.